The lowest BCUT2D eigenvalue weighted by molar-refractivity contribution is -0.147. The standard InChI is InChI=1S/C26H23NO5S/c28-25(21-11-5-2-6-12-21)19-32-26(29)24-17-22-13-7-8-14-23(22)18-27(24)33(30,31)16-15-20-9-3-1-4-10-20/h1-16,24H,17-19H2/b16-15+. The quantitative estimate of drug-likeness (QED) is 0.395. The van der Waals surface area contributed by atoms with Crippen molar-refractivity contribution < 1.29 is 22.7 Å². The Hall–Kier alpha value is -3.55. The molecule has 1 unspecified atom stereocenters. The van der Waals surface area contributed by atoms with E-state index in [1.54, 1.807) is 42.5 Å². The summed E-state index contributed by atoms with van der Waals surface area (Å²) >= 11 is 0. The van der Waals surface area contributed by atoms with Crippen LogP contribution in [-0.2, 0) is 32.5 Å². The van der Waals surface area contributed by atoms with Crippen LogP contribution in [-0.4, -0.2) is 37.1 Å². The van der Waals surface area contributed by atoms with E-state index in [0.717, 1.165) is 26.4 Å². The number of esters is 1. The number of sulfonamides is 1. The maximum absolute atomic E-state index is 13.2. The number of carbonyl (C=O) groups excluding carboxylic acids is 2. The second-order valence-electron chi connectivity index (χ2n) is 7.69. The third-order valence-corrected chi connectivity index (χ3v) is 7.00. The van der Waals surface area contributed by atoms with Crippen LogP contribution in [0.2, 0.25) is 0 Å². The molecule has 0 spiro atoms. The van der Waals surface area contributed by atoms with Crippen LogP contribution in [0.3, 0.4) is 0 Å². The Morgan fingerprint density at radius 2 is 1.48 bits per heavy atom. The van der Waals surface area contributed by atoms with Gasteiger partial charge < -0.3 is 4.74 Å². The predicted octanol–water partition coefficient (Wildman–Crippen LogP) is 3.84. The zero-order valence-corrected chi connectivity index (χ0v) is 18.6. The van der Waals surface area contributed by atoms with Gasteiger partial charge in [-0.3, -0.25) is 9.59 Å². The molecule has 1 aliphatic rings. The third kappa shape index (κ3) is 5.45. The summed E-state index contributed by atoms with van der Waals surface area (Å²) in [6, 6.07) is 23.9. The minimum Gasteiger partial charge on any atom is -0.456 e. The highest BCUT2D eigenvalue weighted by Crippen LogP contribution is 2.27. The minimum absolute atomic E-state index is 0.0457. The van der Waals surface area contributed by atoms with Crippen LogP contribution >= 0.6 is 0 Å². The third-order valence-electron chi connectivity index (χ3n) is 5.48. The minimum atomic E-state index is -3.94. The molecule has 0 radical (unpaired) electrons. The number of rotatable bonds is 7. The zero-order chi connectivity index (χ0) is 23.3. The van der Waals surface area contributed by atoms with Crippen LogP contribution < -0.4 is 0 Å². The number of benzene rings is 3. The molecule has 33 heavy (non-hydrogen) atoms. The molecule has 1 atom stereocenters. The van der Waals surface area contributed by atoms with E-state index in [4.69, 9.17) is 4.74 Å². The number of ketones is 1. The first-order chi connectivity index (χ1) is 15.9. The van der Waals surface area contributed by atoms with Gasteiger partial charge in [0.25, 0.3) is 0 Å². The monoisotopic (exact) mass is 461 g/mol. The van der Waals surface area contributed by atoms with E-state index in [0.29, 0.717) is 5.56 Å². The van der Waals surface area contributed by atoms with E-state index in [1.807, 2.05) is 42.5 Å². The van der Waals surface area contributed by atoms with Gasteiger partial charge in [-0.05, 0) is 22.8 Å². The molecule has 1 heterocycles. The lowest BCUT2D eigenvalue weighted by Gasteiger charge is -2.33. The van der Waals surface area contributed by atoms with Crippen molar-refractivity contribution in [2.24, 2.45) is 0 Å². The fourth-order valence-corrected chi connectivity index (χ4v) is 5.03. The summed E-state index contributed by atoms with van der Waals surface area (Å²) in [5, 5.41) is 1.10. The molecular weight excluding hydrogens is 438 g/mol. The molecule has 4 rings (SSSR count). The van der Waals surface area contributed by atoms with Gasteiger partial charge in [0.05, 0.1) is 0 Å². The van der Waals surface area contributed by atoms with Gasteiger partial charge in [0.2, 0.25) is 10.0 Å². The first-order valence-electron chi connectivity index (χ1n) is 10.5. The highest BCUT2D eigenvalue weighted by molar-refractivity contribution is 7.92. The van der Waals surface area contributed by atoms with E-state index >= 15 is 0 Å². The number of fused-ring (bicyclic) bond motifs is 1. The van der Waals surface area contributed by atoms with Gasteiger partial charge in [-0.2, -0.15) is 4.31 Å². The van der Waals surface area contributed by atoms with Crippen LogP contribution in [0.5, 0.6) is 0 Å². The Bertz CT molecular complexity index is 1270. The number of nitrogens with zero attached hydrogens (tertiary/aromatic N) is 1. The fraction of sp³-hybridized carbons (Fsp3) is 0.154. The predicted molar refractivity (Wildman–Crippen MR) is 126 cm³/mol. The molecule has 168 valence electrons. The normalized spacial score (nSPS) is 16.3. The summed E-state index contributed by atoms with van der Waals surface area (Å²) in [4.78, 5) is 25.3. The molecule has 0 bridgehead atoms. The smallest absolute Gasteiger partial charge is 0.325 e. The van der Waals surface area contributed by atoms with Crippen LogP contribution in [0.1, 0.15) is 27.0 Å². The highest BCUT2D eigenvalue weighted by atomic mass is 32.2. The molecule has 0 N–H and O–H groups in total. The average Bonchev–Trinajstić information content (AvgIpc) is 2.86. The summed E-state index contributed by atoms with van der Waals surface area (Å²) in [7, 11) is -3.94. The molecule has 1 aliphatic heterocycles. The molecule has 3 aromatic carbocycles. The van der Waals surface area contributed by atoms with Crippen molar-refractivity contribution in [3.8, 4) is 0 Å². The van der Waals surface area contributed by atoms with E-state index in [-0.39, 0.29) is 18.7 Å². The van der Waals surface area contributed by atoms with Crippen molar-refractivity contribution in [3.05, 3.63) is 113 Å². The lowest BCUT2D eigenvalue weighted by Crippen LogP contribution is -2.48. The van der Waals surface area contributed by atoms with E-state index in [2.05, 4.69) is 0 Å². The molecule has 0 fully saturated rings. The number of carbonyl (C=O) groups is 2. The number of hydrogen-bond acceptors (Lipinski definition) is 5. The van der Waals surface area contributed by atoms with Crippen molar-refractivity contribution in [2.75, 3.05) is 6.61 Å². The van der Waals surface area contributed by atoms with Gasteiger partial charge in [-0.15, -0.1) is 0 Å². The van der Waals surface area contributed by atoms with Gasteiger partial charge in [-0.25, -0.2) is 8.42 Å². The number of Topliss-reactive ketones (excluding diaryl/α,β-unsaturated/α-hetero) is 1. The van der Waals surface area contributed by atoms with E-state index in [1.165, 1.54) is 6.08 Å². The van der Waals surface area contributed by atoms with Gasteiger partial charge in [-0.1, -0.05) is 84.9 Å². The van der Waals surface area contributed by atoms with Crippen LogP contribution in [0.25, 0.3) is 6.08 Å². The molecule has 0 aromatic heterocycles. The van der Waals surface area contributed by atoms with Gasteiger partial charge in [0.1, 0.15) is 6.04 Å². The molecule has 0 saturated heterocycles. The Labute approximate surface area is 193 Å². The maximum Gasteiger partial charge on any atom is 0.325 e. The Balaban J connectivity index is 1.56. The molecule has 0 saturated carbocycles. The summed E-state index contributed by atoms with van der Waals surface area (Å²) in [6.45, 7) is -0.404. The van der Waals surface area contributed by atoms with Crippen molar-refractivity contribution in [1.82, 2.24) is 4.31 Å². The Morgan fingerprint density at radius 3 is 2.18 bits per heavy atom. The zero-order valence-electron chi connectivity index (χ0n) is 17.8. The molecule has 6 nitrogen and oxygen atoms in total. The van der Waals surface area contributed by atoms with Crippen LogP contribution in [0.15, 0.2) is 90.3 Å². The van der Waals surface area contributed by atoms with Crippen molar-refractivity contribution >= 4 is 27.9 Å². The second kappa shape index (κ2) is 9.94. The number of ether oxygens (including phenoxy) is 1. The second-order valence-corrected chi connectivity index (χ2v) is 9.46. The SMILES string of the molecule is O=C(COC(=O)C1Cc2ccccc2CN1S(=O)(=O)/C=C/c1ccccc1)c1ccccc1. The molecule has 0 aliphatic carbocycles. The summed E-state index contributed by atoms with van der Waals surface area (Å²) < 4.78 is 32.8. The Kier molecular flexibility index (Phi) is 6.82. The highest BCUT2D eigenvalue weighted by Gasteiger charge is 2.39. The lowest BCUT2D eigenvalue weighted by atomic mass is 9.96. The van der Waals surface area contributed by atoms with Gasteiger partial charge in [0, 0.05) is 23.9 Å². The Morgan fingerprint density at radius 1 is 0.879 bits per heavy atom. The molecule has 0 amide bonds. The molecular formula is C26H23NO5S. The van der Waals surface area contributed by atoms with Crippen LogP contribution in [0, 0.1) is 0 Å². The first kappa shape index (κ1) is 22.6. The maximum atomic E-state index is 13.2. The summed E-state index contributed by atoms with van der Waals surface area (Å²) in [5.74, 6) is -1.09. The number of hydrogen-bond donors (Lipinski definition) is 0. The topological polar surface area (TPSA) is 80.8 Å². The van der Waals surface area contributed by atoms with Gasteiger partial charge in [0.15, 0.2) is 12.4 Å². The molecule has 7 heteroatoms. The van der Waals surface area contributed by atoms with Crippen molar-refractivity contribution in [1.29, 1.82) is 0 Å². The van der Waals surface area contributed by atoms with Crippen LogP contribution in [0.4, 0.5) is 0 Å². The van der Waals surface area contributed by atoms with E-state index in [9.17, 15) is 18.0 Å². The fourth-order valence-electron chi connectivity index (χ4n) is 3.71. The first-order valence-corrected chi connectivity index (χ1v) is 12.0. The van der Waals surface area contributed by atoms with Crippen molar-refractivity contribution in [3.63, 3.8) is 0 Å². The van der Waals surface area contributed by atoms with Gasteiger partial charge >= 0.3 is 5.97 Å². The van der Waals surface area contributed by atoms with E-state index < -0.39 is 28.6 Å². The molecule has 3 aromatic rings. The summed E-state index contributed by atoms with van der Waals surface area (Å²) in [5.41, 5.74) is 2.87. The summed E-state index contributed by atoms with van der Waals surface area (Å²) in [6.07, 6.45) is 1.67. The average molecular weight is 462 g/mol. The van der Waals surface area contributed by atoms with Crippen molar-refractivity contribution in [2.45, 2.75) is 19.0 Å². The largest absolute Gasteiger partial charge is 0.456 e.